The standard InChI is InChI=1S/C25H31N5O4/c1-3-34-24(31)30-12-10-29(11-13-30)22-6-9-26-23-19(22)16-21(28-23)20-5-4-18(17-27-20)25(32-2)7-14-33-15-8-25/h4-6,9,16-17H,3,7-8,10-15H2,1-2H3,(H,26,28). The Morgan fingerprint density at radius 1 is 1.15 bits per heavy atom. The van der Waals surface area contributed by atoms with E-state index in [0.717, 1.165) is 59.6 Å². The summed E-state index contributed by atoms with van der Waals surface area (Å²) in [6.45, 7) is 6.37. The number of ether oxygens (including phenoxy) is 3. The number of nitrogens with one attached hydrogen (secondary N) is 1. The van der Waals surface area contributed by atoms with Gasteiger partial charge in [0, 0.05) is 88.4 Å². The summed E-state index contributed by atoms with van der Waals surface area (Å²) in [4.78, 5) is 28.8. The van der Waals surface area contributed by atoms with Gasteiger partial charge in [0.2, 0.25) is 0 Å². The third kappa shape index (κ3) is 4.21. The monoisotopic (exact) mass is 465 g/mol. The molecule has 0 radical (unpaired) electrons. The van der Waals surface area contributed by atoms with Crippen molar-refractivity contribution in [2.24, 2.45) is 0 Å². The van der Waals surface area contributed by atoms with Crippen molar-refractivity contribution in [3.8, 4) is 11.4 Å². The molecule has 0 atom stereocenters. The summed E-state index contributed by atoms with van der Waals surface area (Å²) in [7, 11) is 1.76. The zero-order valence-corrected chi connectivity index (χ0v) is 19.7. The number of nitrogens with zero attached hydrogens (tertiary/aromatic N) is 4. The maximum absolute atomic E-state index is 12.0. The van der Waals surface area contributed by atoms with Gasteiger partial charge in [-0.3, -0.25) is 4.98 Å². The molecule has 5 rings (SSSR count). The second-order valence-electron chi connectivity index (χ2n) is 8.69. The van der Waals surface area contributed by atoms with Crippen molar-refractivity contribution in [1.82, 2.24) is 19.9 Å². The molecule has 9 nitrogen and oxygen atoms in total. The molecule has 2 aliphatic rings. The molecule has 0 aromatic carbocycles. The van der Waals surface area contributed by atoms with E-state index in [2.05, 4.69) is 27.0 Å². The van der Waals surface area contributed by atoms with Gasteiger partial charge < -0.3 is 29.0 Å². The number of hydrogen-bond acceptors (Lipinski definition) is 7. The molecule has 0 unspecified atom stereocenters. The third-order valence-corrected chi connectivity index (χ3v) is 6.91. The SMILES string of the molecule is CCOC(=O)N1CCN(c2ccnc3[nH]c(-c4ccc(C5(OC)CCOCC5)cn4)cc23)CC1. The van der Waals surface area contributed by atoms with Gasteiger partial charge in [0.25, 0.3) is 0 Å². The minimum absolute atomic E-state index is 0.239. The van der Waals surface area contributed by atoms with E-state index in [0.29, 0.717) is 32.9 Å². The van der Waals surface area contributed by atoms with Crippen molar-refractivity contribution < 1.29 is 19.0 Å². The summed E-state index contributed by atoms with van der Waals surface area (Å²) in [5.41, 5.74) is 4.46. The Morgan fingerprint density at radius 3 is 2.62 bits per heavy atom. The number of carbonyl (C=O) groups is 1. The van der Waals surface area contributed by atoms with E-state index in [1.54, 1.807) is 12.0 Å². The number of pyridine rings is 2. The van der Waals surface area contributed by atoms with E-state index in [1.807, 2.05) is 31.5 Å². The van der Waals surface area contributed by atoms with Crippen LogP contribution in [-0.2, 0) is 19.8 Å². The van der Waals surface area contributed by atoms with Crippen LogP contribution in [0.5, 0.6) is 0 Å². The lowest BCUT2D eigenvalue weighted by Gasteiger charge is -2.36. The quantitative estimate of drug-likeness (QED) is 0.616. The predicted molar refractivity (Wildman–Crippen MR) is 129 cm³/mol. The molecule has 0 saturated carbocycles. The van der Waals surface area contributed by atoms with Gasteiger partial charge in [-0.25, -0.2) is 9.78 Å². The van der Waals surface area contributed by atoms with Gasteiger partial charge in [0.05, 0.1) is 23.6 Å². The number of aromatic nitrogens is 3. The first-order chi connectivity index (χ1) is 16.6. The summed E-state index contributed by atoms with van der Waals surface area (Å²) in [6.07, 6.45) is 5.15. The Morgan fingerprint density at radius 2 is 1.94 bits per heavy atom. The van der Waals surface area contributed by atoms with Gasteiger partial charge in [-0.05, 0) is 25.1 Å². The number of anilines is 1. The van der Waals surface area contributed by atoms with Crippen LogP contribution in [0, 0.1) is 0 Å². The number of carbonyl (C=O) groups excluding carboxylic acids is 1. The number of amides is 1. The molecule has 180 valence electrons. The first-order valence-electron chi connectivity index (χ1n) is 11.9. The van der Waals surface area contributed by atoms with Gasteiger partial charge >= 0.3 is 6.09 Å². The fourth-order valence-corrected chi connectivity index (χ4v) is 4.91. The maximum Gasteiger partial charge on any atom is 0.409 e. The average molecular weight is 466 g/mol. The van der Waals surface area contributed by atoms with Crippen molar-refractivity contribution in [3.63, 3.8) is 0 Å². The second kappa shape index (κ2) is 9.60. The average Bonchev–Trinajstić information content (AvgIpc) is 3.34. The Hall–Kier alpha value is -3.17. The summed E-state index contributed by atoms with van der Waals surface area (Å²) < 4.78 is 16.6. The van der Waals surface area contributed by atoms with Crippen LogP contribution < -0.4 is 4.90 Å². The number of fused-ring (bicyclic) bond motifs is 1. The lowest BCUT2D eigenvalue weighted by atomic mass is 9.87. The van der Waals surface area contributed by atoms with Gasteiger partial charge in [-0.15, -0.1) is 0 Å². The Kier molecular flexibility index (Phi) is 6.38. The van der Waals surface area contributed by atoms with Crippen LogP contribution in [0.2, 0.25) is 0 Å². The van der Waals surface area contributed by atoms with E-state index in [4.69, 9.17) is 19.2 Å². The molecule has 2 fully saturated rings. The van der Waals surface area contributed by atoms with Crippen LogP contribution in [-0.4, -0.2) is 79.1 Å². The number of methoxy groups -OCH3 is 1. The molecule has 2 aliphatic heterocycles. The molecule has 5 heterocycles. The van der Waals surface area contributed by atoms with Crippen LogP contribution >= 0.6 is 0 Å². The summed E-state index contributed by atoms with van der Waals surface area (Å²) in [6, 6.07) is 8.28. The van der Waals surface area contributed by atoms with Crippen LogP contribution in [0.25, 0.3) is 22.4 Å². The minimum Gasteiger partial charge on any atom is -0.450 e. The van der Waals surface area contributed by atoms with Crippen LogP contribution in [0.4, 0.5) is 10.5 Å². The molecule has 1 N–H and O–H groups in total. The molecule has 3 aromatic rings. The number of piperazine rings is 1. The van der Waals surface area contributed by atoms with E-state index >= 15 is 0 Å². The van der Waals surface area contributed by atoms with Gasteiger partial charge in [-0.1, -0.05) is 6.07 Å². The number of aromatic amines is 1. The summed E-state index contributed by atoms with van der Waals surface area (Å²) >= 11 is 0. The van der Waals surface area contributed by atoms with Crippen LogP contribution in [0.3, 0.4) is 0 Å². The molecule has 3 aromatic heterocycles. The van der Waals surface area contributed by atoms with Crippen molar-refractivity contribution in [2.45, 2.75) is 25.4 Å². The molecule has 2 saturated heterocycles. The number of hydrogen-bond donors (Lipinski definition) is 1. The lowest BCUT2D eigenvalue weighted by molar-refractivity contribution is -0.0949. The minimum atomic E-state index is -0.329. The molecule has 0 bridgehead atoms. The summed E-state index contributed by atoms with van der Waals surface area (Å²) in [5.74, 6) is 0. The number of H-pyrrole nitrogens is 1. The van der Waals surface area contributed by atoms with Crippen molar-refractivity contribution in [3.05, 3.63) is 42.2 Å². The van der Waals surface area contributed by atoms with Gasteiger partial charge in [0.1, 0.15) is 5.65 Å². The van der Waals surface area contributed by atoms with Crippen molar-refractivity contribution in [2.75, 3.05) is 58.0 Å². The van der Waals surface area contributed by atoms with E-state index < -0.39 is 0 Å². The molecule has 9 heteroatoms. The highest BCUT2D eigenvalue weighted by atomic mass is 16.6. The first kappa shape index (κ1) is 22.6. The first-order valence-corrected chi connectivity index (χ1v) is 11.9. The maximum atomic E-state index is 12.0. The second-order valence-corrected chi connectivity index (χ2v) is 8.69. The van der Waals surface area contributed by atoms with Gasteiger partial charge in [-0.2, -0.15) is 0 Å². The normalized spacial score (nSPS) is 18.3. The highest BCUT2D eigenvalue weighted by molar-refractivity contribution is 5.93. The fraction of sp³-hybridized carbons (Fsp3) is 0.480. The third-order valence-electron chi connectivity index (χ3n) is 6.91. The zero-order chi connectivity index (χ0) is 23.5. The van der Waals surface area contributed by atoms with Crippen LogP contribution in [0.15, 0.2) is 36.7 Å². The Balaban J connectivity index is 1.36. The van der Waals surface area contributed by atoms with Crippen LogP contribution in [0.1, 0.15) is 25.3 Å². The Labute approximate surface area is 199 Å². The zero-order valence-electron chi connectivity index (χ0n) is 19.7. The molecular formula is C25H31N5O4. The van der Waals surface area contributed by atoms with Crippen molar-refractivity contribution in [1.29, 1.82) is 0 Å². The fourth-order valence-electron chi connectivity index (χ4n) is 4.91. The topological polar surface area (TPSA) is 92.8 Å². The smallest absolute Gasteiger partial charge is 0.409 e. The lowest BCUT2D eigenvalue weighted by Crippen LogP contribution is -2.49. The Bertz CT molecular complexity index is 1130. The van der Waals surface area contributed by atoms with Crippen molar-refractivity contribution >= 4 is 22.8 Å². The molecular weight excluding hydrogens is 434 g/mol. The molecule has 0 aliphatic carbocycles. The molecule has 1 amide bonds. The highest BCUT2D eigenvalue weighted by Crippen LogP contribution is 2.36. The number of rotatable bonds is 5. The molecule has 34 heavy (non-hydrogen) atoms. The molecule has 0 spiro atoms. The highest BCUT2D eigenvalue weighted by Gasteiger charge is 2.34. The van der Waals surface area contributed by atoms with Gasteiger partial charge in [0.15, 0.2) is 0 Å². The largest absolute Gasteiger partial charge is 0.450 e. The van der Waals surface area contributed by atoms with E-state index in [-0.39, 0.29) is 11.7 Å². The van der Waals surface area contributed by atoms with E-state index in [9.17, 15) is 4.79 Å². The predicted octanol–water partition coefficient (Wildman–Crippen LogP) is 3.56. The summed E-state index contributed by atoms with van der Waals surface area (Å²) in [5, 5.41) is 1.05. The van der Waals surface area contributed by atoms with E-state index in [1.165, 1.54) is 0 Å².